The Morgan fingerprint density at radius 2 is 1.18 bits per heavy atom. The van der Waals surface area contributed by atoms with Gasteiger partial charge in [-0.05, 0) is 102 Å². The summed E-state index contributed by atoms with van der Waals surface area (Å²) in [6, 6.07) is 47.9. The van der Waals surface area contributed by atoms with Crippen molar-refractivity contribution in [1.82, 2.24) is 0 Å². The van der Waals surface area contributed by atoms with E-state index in [9.17, 15) is 0 Å². The highest BCUT2D eigenvalue weighted by molar-refractivity contribution is 5.86. The quantitative estimate of drug-likeness (QED) is 0.150. The first-order valence-corrected chi connectivity index (χ1v) is 22.4. The van der Waals surface area contributed by atoms with Crippen molar-refractivity contribution in [2.24, 2.45) is 11.8 Å². The SMILES string of the molecule is C=C/C=C(\C=C/C)c1ccc(C)cc1.CC.CC.CC.CC1=C2c3ccccc3C(C3=CCCC=C3)(c3ccccc3)C2C(C)C=C1.Cc1ccc(-c2ccccc2)cc1. The van der Waals surface area contributed by atoms with E-state index in [1.807, 2.05) is 72.8 Å². The summed E-state index contributed by atoms with van der Waals surface area (Å²) in [5.41, 5.74) is 16.3. The van der Waals surface area contributed by atoms with Crippen LogP contribution in [-0.4, -0.2) is 0 Å². The van der Waals surface area contributed by atoms with Crippen molar-refractivity contribution in [2.75, 3.05) is 0 Å². The van der Waals surface area contributed by atoms with E-state index >= 15 is 0 Å². The van der Waals surface area contributed by atoms with Gasteiger partial charge in [-0.15, -0.1) is 0 Å². The van der Waals surface area contributed by atoms with Gasteiger partial charge in [-0.25, -0.2) is 0 Å². The van der Waals surface area contributed by atoms with Crippen molar-refractivity contribution in [3.63, 3.8) is 0 Å². The predicted octanol–water partition coefficient (Wildman–Crippen LogP) is 17.7. The van der Waals surface area contributed by atoms with E-state index in [1.54, 1.807) is 5.57 Å². The molecule has 3 atom stereocenters. The van der Waals surface area contributed by atoms with E-state index in [1.165, 1.54) is 61.2 Å². The maximum atomic E-state index is 3.72. The number of hydrogen-bond donors (Lipinski definition) is 0. The highest BCUT2D eigenvalue weighted by atomic mass is 14.6. The van der Waals surface area contributed by atoms with Gasteiger partial charge in [0.05, 0.1) is 5.41 Å². The molecule has 0 radical (unpaired) electrons. The van der Waals surface area contributed by atoms with Gasteiger partial charge in [-0.3, -0.25) is 0 Å². The molecule has 3 aliphatic rings. The van der Waals surface area contributed by atoms with E-state index in [0.717, 1.165) is 12.8 Å². The molecular formula is C60H72. The Hall–Kier alpha value is -5.72. The van der Waals surface area contributed by atoms with Crippen LogP contribution < -0.4 is 0 Å². The lowest BCUT2D eigenvalue weighted by Crippen LogP contribution is -2.38. The van der Waals surface area contributed by atoms with Crippen molar-refractivity contribution < 1.29 is 0 Å². The van der Waals surface area contributed by atoms with Crippen LogP contribution in [0.1, 0.15) is 109 Å². The van der Waals surface area contributed by atoms with Gasteiger partial charge in [0, 0.05) is 5.92 Å². The number of hydrogen-bond acceptors (Lipinski definition) is 0. The number of allylic oxidation sites excluding steroid dienone is 13. The molecule has 0 N–H and O–H groups in total. The number of rotatable bonds is 6. The summed E-state index contributed by atoms with van der Waals surface area (Å²) >= 11 is 0. The zero-order chi connectivity index (χ0) is 43.9. The Bertz CT molecular complexity index is 2200. The van der Waals surface area contributed by atoms with Gasteiger partial charge >= 0.3 is 0 Å². The molecule has 0 amide bonds. The Labute approximate surface area is 366 Å². The molecule has 0 fully saturated rings. The molecule has 0 heterocycles. The maximum Gasteiger partial charge on any atom is 0.0528 e. The molecular weight excluding hydrogens is 721 g/mol. The molecule has 3 aliphatic carbocycles. The lowest BCUT2D eigenvalue weighted by atomic mass is 9.59. The molecule has 5 aromatic rings. The van der Waals surface area contributed by atoms with Crippen molar-refractivity contribution in [3.05, 3.63) is 239 Å². The minimum absolute atomic E-state index is 0.102. The molecule has 0 saturated heterocycles. The predicted molar refractivity (Wildman–Crippen MR) is 269 cm³/mol. The van der Waals surface area contributed by atoms with Gasteiger partial charge in [0.25, 0.3) is 0 Å². The van der Waals surface area contributed by atoms with Crippen LogP contribution in [0.5, 0.6) is 0 Å². The third-order valence-corrected chi connectivity index (χ3v) is 10.9. The van der Waals surface area contributed by atoms with Gasteiger partial charge in [0.1, 0.15) is 0 Å². The van der Waals surface area contributed by atoms with Crippen LogP contribution in [0.15, 0.2) is 206 Å². The van der Waals surface area contributed by atoms with E-state index in [-0.39, 0.29) is 5.41 Å². The molecule has 312 valence electrons. The third kappa shape index (κ3) is 11.7. The molecule has 5 aromatic carbocycles. The standard InChI is InChI=1S/C27H26.C14H16.C13H12.3C2H6/c1-19-17-18-20(2)26-25(19)23-15-9-10-16-24(23)27(26,21-11-5-3-6-12-21)22-13-7-4-8-14-22;1-4-6-13(7-5-2)14-10-8-12(3)9-11-14;1-11-7-9-13(10-8-11)12-5-3-2-4-6-12;3*1-2/h3,5-7,9-18,20,26H,4,8H2,1-2H3;4-11H,1H2,2-3H3;2-10H,1H3;3*1-2H3/b;7-5-,13-6+;;;;. The molecule has 0 aromatic heterocycles. The van der Waals surface area contributed by atoms with Crippen LogP contribution in [0, 0.1) is 25.7 Å². The summed E-state index contributed by atoms with van der Waals surface area (Å²) in [5, 5.41) is 0. The zero-order valence-electron chi connectivity index (χ0n) is 38.7. The van der Waals surface area contributed by atoms with Gasteiger partial charge < -0.3 is 0 Å². The molecule has 0 nitrogen and oxygen atoms in total. The minimum Gasteiger partial charge on any atom is -0.0990 e. The van der Waals surface area contributed by atoms with Crippen molar-refractivity contribution in [3.8, 4) is 11.1 Å². The first kappa shape index (κ1) is 48.6. The van der Waals surface area contributed by atoms with Crippen LogP contribution in [0.3, 0.4) is 0 Å². The van der Waals surface area contributed by atoms with Crippen LogP contribution in [0.4, 0.5) is 0 Å². The molecule has 0 saturated carbocycles. The maximum absolute atomic E-state index is 3.72. The first-order chi connectivity index (χ1) is 29.4. The summed E-state index contributed by atoms with van der Waals surface area (Å²) in [7, 11) is 0. The molecule has 8 rings (SSSR count). The zero-order valence-corrected chi connectivity index (χ0v) is 38.7. The highest BCUT2D eigenvalue weighted by Crippen LogP contribution is 2.62. The van der Waals surface area contributed by atoms with Crippen LogP contribution >= 0.6 is 0 Å². The lowest BCUT2D eigenvalue weighted by Gasteiger charge is -2.43. The fraction of sp³-hybridized carbons (Fsp3) is 0.267. The summed E-state index contributed by atoms with van der Waals surface area (Å²) in [5.74, 6) is 0.934. The van der Waals surface area contributed by atoms with Crippen molar-refractivity contribution >= 4 is 11.1 Å². The monoisotopic (exact) mass is 793 g/mol. The van der Waals surface area contributed by atoms with E-state index in [2.05, 4.69) is 198 Å². The summed E-state index contributed by atoms with van der Waals surface area (Å²) in [6.07, 6.45) is 22.3. The summed E-state index contributed by atoms with van der Waals surface area (Å²) in [4.78, 5) is 0. The lowest BCUT2D eigenvalue weighted by molar-refractivity contribution is 0.395. The molecule has 0 bridgehead atoms. The molecule has 0 heteroatoms. The largest absolute Gasteiger partial charge is 0.0990 e. The Kier molecular flexibility index (Phi) is 20.8. The number of benzene rings is 5. The smallest absolute Gasteiger partial charge is 0.0528 e. The van der Waals surface area contributed by atoms with Crippen LogP contribution in [0.25, 0.3) is 22.3 Å². The van der Waals surface area contributed by atoms with E-state index in [4.69, 9.17) is 0 Å². The Morgan fingerprint density at radius 3 is 1.75 bits per heavy atom. The van der Waals surface area contributed by atoms with E-state index in [0.29, 0.717) is 11.8 Å². The third-order valence-electron chi connectivity index (χ3n) is 10.9. The fourth-order valence-corrected chi connectivity index (χ4v) is 8.35. The van der Waals surface area contributed by atoms with Crippen LogP contribution in [-0.2, 0) is 5.41 Å². The van der Waals surface area contributed by atoms with Gasteiger partial charge in [-0.2, -0.15) is 0 Å². The van der Waals surface area contributed by atoms with Crippen molar-refractivity contribution in [2.45, 2.75) is 94.4 Å². The second kappa shape index (κ2) is 25.7. The van der Waals surface area contributed by atoms with Gasteiger partial charge in [0.15, 0.2) is 0 Å². The van der Waals surface area contributed by atoms with Crippen LogP contribution in [0.2, 0.25) is 0 Å². The molecule has 3 unspecified atom stereocenters. The minimum atomic E-state index is -0.102. The normalized spacial score (nSPS) is 18.2. The van der Waals surface area contributed by atoms with Gasteiger partial charge in [-0.1, -0.05) is 254 Å². The van der Waals surface area contributed by atoms with Crippen molar-refractivity contribution in [1.29, 1.82) is 0 Å². The molecule has 0 aliphatic heterocycles. The van der Waals surface area contributed by atoms with E-state index < -0.39 is 0 Å². The van der Waals surface area contributed by atoms with Gasteiger partial charge in [0.2, 0.25) is 0 Å². The fourth-order valence-electron chi connectivity index (χ4n) is 8.35. The summed E-state index contributed by atoms with van der Waals surface area (Å²) < 4.78 is 0. The first-order valence-electron chi connectivity index (χ1n) is 22.4. The second-order valence-electron chi connectivity index (χ2n) is 14.6. The topological polar surface area (TPSA) is 0 Å². The second-order valence-corrected chi connectivity index (χ2v) is 14.6. The Balaban J connectivity index is 0.000000247. The average molecular weight is 793 g/mol. The number of fused-ring (bicyclic) bond motifs is 3. The highest BCUT2D eigenvalue weighted by Gasteiger charge is 2.54. The molecule has 60 heavy (non-hydrogen) atoms. The molecule has 0 spiro atoms. The number of aryl methyl sites for hydroxylation is 2. The Morgan fingerprint density at radius 1 is 0.633 bits per heavy atom. The average Bonchev–Trinajstić information content (AvgIpc) is 3.65. The summed E-state index contributed by atoms with van der Waals surface area (Å²) in [6.45, 7) is 26.6.